The minimum absolute atomic E-state index is 0.442. The Bertz CT molecular complexity index is 517. The van der Waals surface area contributed by atoms with E-state index in [1.807, 2.05) is 42.3 Å². The van der Waals surface area contributed by atoms with Crippen LogP contribution in [0.4, 0.5) is 8.78 Å². The van der Waals surface area contributed by atoms with Gasteiger partial charge >= 0.3 is 0 Å². The molecule has 0 spiro atoms. The summed E-state index contributed by atoms with van der Waals surface area (Å²) in [6.07, 6.45) is 3.37. The Kier molecular flexibility index (Phi) is 4.00. The molecule has 0 fully saturated rings. The Morgan fingerprint density at radius 1 is 1.26 bits per heavy atom. The van der Waals surface area contributed by atoms with Gasteiger partial charge in [-0.25, -0.2) is 8.78 Å². The van der Waals surface area contributed by atoms with Crippen molar-refractivity contribution in [3.05, 3.63) is 60.3 Å². The van der Waals surface area contributed by atoms with Crippen molar-refractivity contribution in [1.82, 2.24) is 4.90 Å². The van der Waals surface area contributed by atoms with E-state index in [1.54, 1.807) is 12.1 Å². The van der Waals surface area contributed by atoms with Crippen LogP contribution < -0.4 is 4.74 Å². The zero-order valence-corrected chi connectivity index (χ0v) is 10.6. The van der Waals surface area contributed by atoms with E-state index in [-0.39, 0.29) is 0 Å². The van der Waals surface area contributed by atoms with Crippen LogP contribution in [0.5, 0.6) is 5.75 Å². The molecular weight excluding hydrogens is 248 g/mol. The van der Waals surface area contributed by atoms with E-state index in [9.17, 15) is 8.78 Å². The van der Waals surface area contributed by atoms with Crippen LogP contribution in [-0.4, -0.2) is 25.0 Å². The lowest BCUT2D eigenvalue weighted by molar-refractivity contribution is 0.0819. The largest absolute Gasteiger partial charge is 0.488 e. The average Bonchev–Trinajstić information content (AvgIpc) is 2.40. The highest BCUT2D eigenvalue weighted by Gasteiger charge is 2.11. The third-order valence-electron chi connectivity index (χ3n) is 2.86. The molecule has 1 aromatic rings. The molecular formula is C15H15F2NO. The first-order valence-corrected chi connectivity index (χ1v) is 5.90. The highest BCUT2D eigenvalue weighted by molar-refractivity contribution is 5.69. The lowest BCUT2D eigenvalue weighted by atomic mass is 10.1. The molecule has 0 aromatic heterocycles. The zero-order chi connectivity index (χ0) is 13.8. The predicted molar refractivity (Wildman–Crippen MR) is 72.0 cm³/mol. The van der Waals surface area contributed by atoms with Gasteiger partial charge in [0.25, 0.3) is 6.43 Å². The molecule has 1 aliphatic rings. The summed E-state index contributed by atoms with van der Waals surface area (Å²) in [7, 11) is 1.93. The van der Waals surface area contributed by atoms with Crippen molar-refractivity contribution in [2.75, 3.05) is 13.7 Å². The second kappa shape index (κ2) is 5.69. The van der Waals surface area contributed by atoms with Crippen molar-refractivity contribution in [1.29, 1.82) is 0 Å². The van der Waals surface area contributed by atoms with Crippen LogP contribution in [0.1, 0.15) is 5.56 Å². The number of hydrogen-bond acceptors (Lipinski definition) is 2. The van der Waals surface area contributed by atoms with Gasteiger partial charge in [0.2, 0.25) is 0 Å². The maximum absolute atomic E-state index is 12.0. The molecule has 0 saturated heterocycles. The number of allylic oxidation sites excluding steroid dienone is 3. The van der Waals surface area contributed by atoms with Crippen molar-refractivity contribution in [2.45, 2.75) is 6.43 Å². The second-order valence-corrected chi connectivity index (χ2v) is 4.19. The lowest BCUT2D eigenvalue weighted by Gasteiger charge is -2.25. The van der Waals surface area contributed by atoms with Gasteiger partial charge in [0.15, 0.2) is 0 Å². The van der Waals surface area contributed by atoms with Crippen LogP contribution in [0, 0.1) is 0 Å². The predicted octanol–water partition coefficient (Wildman–Crippen LogP) is 3.69. The van der Waals surface area contributed by atoms with Crippen molar-refractivity contribution in [3.8, 4) is 5.75 Å². The number of alkyl halides is 2. The fourth-order valence-corrected chi connectivity index (χ4v) is 1.80. The summed E-state index contributed by atoms with van der Waals surface area (Å²) in [5, 5.41) is 0. The molecule has 100 valence electrons. The summed E-state index contributed by atoms with van der Waals surface area (Å²) in [6, 6.07) is 7.06. The van der Waals surface area contributed by atoms with Gasteiger partial charge in [-0.2, -0.15) is 0 Å². The molecule has 0 amide bonds. The van der Waals surface area contributed by atoms with Crippen molar-refractivity contribution in [3.63, 3.8) is 0 Å². The van der Waals surface area contributed by atoms with Gasteiger partial charge in [0, 0.05) is 18.4 Å². The van der Waals surface area contributed by atoms with Gasteiger partial charge in [0.1, 0.15) is 12.4 Å². The maximum Gasteiger partial charge on any atom is 0.272 e. The van der Waals surface area contributed by atoms with Gasteiger partial charge in [-0.1, -0.05) is 12.7 Å². The molecule has 0 aliphatic carbocycles. The van der Waals surface area contributed by atoms with E-state index in [4.69, 9.17) is 4.74 Å². The van der Waals surface area contributed by atoms with E-state index in [1.165, 1.54) is 0 Å². The molecule has 0 unspecified atom stereocenters. The number of ether oxygens (including phenoxy) is 1. The van der Waals surface area contributed by atoms with Crippen LogP contribution in [0.3, 0.4) is 0 Å². The highest BCUT2D eigenvalue weighted by Crippen LogP contribution is 2.26. The van der Waals surface area contributed by atoms with Crippen LogP contribution in [0.25, 0.3) is 5.70 Å². The van der Waals surface area contributed by atoms with E-state index in [2.05, 4.69) is 6.58 Å². The molecule has 0 bridgehead atoms. The topological polar surface area (TPSA) is 12.5 Å². The summed E-state index contributed by atoms with van der Waals surface area (Å²) in [6.45, 7) is 3.35. The molecule has 4 heteroatoms. The summed E-state index contributed by atoms with van der Waals surface area (Å²) in [4.78, 5) is 1.97. The van der Waals surface area contributed by atoms with Gasteiger partial charge in [0.05, 0.1) is 0 Å². The first-order chi connectivity index (χ1) is 9.08. The first-order valence-electron chi connectivity index (χ1n) is 5.90. The van der Waals surface area contributed by atoms with Crippen LogP contribution in [-0.2, 0) is 0 Å². The summed E-state index contributed by atoms with van der Waals surface area (Å²) in [5.74, 6) is 0.442. The fourth-order valence-electron chi connectivity index (χ4n) is 1.80. The van der Waals surface area contributed by atoms with Crippen molar-refractivity contribution >= 4 is 5.70 Å². The van der Waals surface area contributed by atoms with Crippen molar-refractivity contribution in [2.24, 2.45) is 0 Å². The summed E-state index contributed by atoms with van der Waals surface area (Å²) < 4.78 is 29.0. The molecule has 0 N–H and O–H groups in total. The average molecular weight is 263 g/mol. The SMILES string of the molecule is C=C1C=CC=C(c2ccc(OCC(F)F)cc2)N1C. The van der Waals surface area contributed by atoms with Gasteiger partial charge in [-0.3, -0.25) is 0 Å². The number of hydrogen-bond donors (Lipinski definition) is 0. The first kappa shape index (κ1) is 13.3. The van der Waals surface area contributed by atoms with E-state index >= 15 is 0 Å². The van der Waals surface area contributed by atoms with Gasteiger partial charge in [-0.15, -0.1) is 0 Å². The van der Waals surface area contributed by atoms with Gasteiger partial charge in [-0.05, 0) is 42.0 Å². The lowest BCUT2D eigenvalue weighted by Crippen LogP contribution is -2.16. The molecule has 2 rings (SSSR count). The molecule has 0 atom stereocenters. The highest BCUT2D eigenvalue weighted by atomic mass is 19.3. The van der Waals surface area contributed by atoms with Crippen LogP contribution in [0.15, 0.2) is 54.8 Å². The Labute approximate surface area is 111 Å². The minimum atomic E-state index is -2.46. The fraction of sp³-hybridized carbons (Fsp3) is 0.200. The molecule has 0 radical (unpaired) electrons. The molecule has 1 heterocycles. The van der Waals surface area contributed by atoms with E-state index in [0.29, 0.717) is 5.75 Å². The summed E-state index contributed by atoms with van der Waals surface area (Å²) >= 11 is 0. The van der Waals surface area contributed by atoms with E-state index in [0.717, 1.165) is 17.0 Å². The Morgan fingerprint density at radius 3 is 2.58 bits per heavy atom. The minimum Gasteiger partial charge on any atom is -0.488 e. The third kappa shape index (κ3) is 3.22. The van der Waals surface area contributed by atoms with Crippen LogP contribution in [0.2, 0.25) is 0 Å². The summed E-state index contributed by atoms with van der Waals surface area (Å²) in [5.41, 5.74) is 2.89. The number of benzene rings is 1. The quantitative estimate of drug-likeness (QED) is 0.821. The van der Waals surface area contributed by atoms with Crippen molar-refractivity contribution < 1.29 is 13.5 Å². The Morgan fingerprint density at radius 2 is 1.95 bits per heavy atom. The standard InChI is InChI=1S/C15H15F2NO/c1-11-4-3-5-14(18(11)2)12-6-8-13(9-7-12)19-10-15(16)17/h3-9,15H,1,10H2,2H3. The molecule has 19 heavy (non-hydrogen) atoms. The number of likely N-dealkylation sites (N-methyl/N-ethyl adjacent to an activating group) is 1. The van der Waals surface area contributed by atoms with E-state index < -0.39 is 13.0 Å². The molecule has 0 saturated carbocycles. The smallest absolute Gasteiger partial charge is 0.272 e. The monoisotopic (exact) mass is 263 g/mol. The maximum atomic E-state index is 12.0. The second-order valence-electron chi connectivity index (χ2n) is 4.19. The zero-order valence-electron chi connectivity index (χ0n) is 10.6. The normalized spacial score (nSPS) is 14.8. The third-order valence-corrected chi connectivity index (χ3v) is 2.86. The molecule has 1 aliphatic heterocycles. The Hall–Kier alpha value is -2.10. The number of halogens is 2. The van der Waals surface area contributed by atoms with Crippen LogP contribution >= 0.6 is 0 Å². The number of rotatable bonds is 4. The Balaban J connectivity index is 2.12. The van der Waals surface area contributed by atoms with Gasteiger partial charge < -0.3 is 9.64 Å². The molecule has 1 aromatic carbocycles. The number of nitrogens with zero attached hydrogens (tertiary/aromatic N) is 1. The molecule has 2 nitrogen and oxygen atoms in total.